The molecule has 0 atom stereocenters. The van der Waals surface area contributed by atoms with Gasteiger partial charge < -0.3 is 5.32 Å². The van der Waals surface area contributed by atoms with Crippen LogP contribution in [0.2, 0.25) is 0 Å². The first-order chi connectivity index (χ1) is 10.7. The van der Waals surface area contributed by atoms with Crippen molar-refractivity contribution in [2.75, 3.05) is 5.32 Å². The molecule has 1 aliphatic heterocycles. The van der Waals surface area contributed by atoms with Crippen molar-refractivity contribution in [3.63, 3.8) is 0 Å². The Morgan fingerprint density at radius 1 is 0.909 bits per heavy atom. The molecule has 0 spiro atoms. The number of fused-ring (bicyclic) bond motifs is 2. The van der Waals surface area contributed by atoms with Crippen LogP contribution in [-0.2, 0) is 4.79 Å². The molecule has 0 saturated heterocycles. The molecule has 22 heavy (non-hydrogen) atoms. The van der Waals surface area contributed by atoms with Crippen molar-refractivity contribution in [2.24, 2.45) is 0 Å². The van der Waals surface area contributed by atoms with E-state index in [9.17, 15) is 4.79 Å². The molecule has 1 aromatic carbocycles. The fourth-order valence-electron chi connectivity index (χ4n) is 2.83. The summed E-state index contributed by atoms with van der Waals surface area (Å²) in [5.41, 5.74) is 5.89. The van der Waals surface area contributed by atoms with Crippen LogP contribution in [0.1, 0.15) is 11.1 Å². The van der Waals surface area contributed by atoms with Crippen LogP contribution in [0.25, 0.3) is 22.8 Å². The van der Waals surface area contributed by atoms with E-state index in [4.69, 9.17) is 0 Å². The van der Waals surface area contributed by atoms with E-state index in [2.05, 4.69) is 45.5 Å². The normalized spacial score (nSPS) is 15.1. The van der Waals surface area contributed by atoms with Crippen LogP contribution in [0.3, 0.4) is 0 Å². The average molecular weight is 350 g/mol. The van der Waals surface area contributed by atoms with Crippen molar-refractivity contribution in [2.45, 2.75) is 0 Å². The molecule has 4 rings (SSSR count). The molecular weight excluding hydrogens is 338 g/mol. The fraction of sp³-hybridized carbons (Fsp3) is 0. The van der Waals surface area contributed by atoms with Crippen molar-refractivity contribution in [3.8, 4) is 11.1 Å². The predicted molar refractivity (Wildman–Crippen MR) is 93.7 cm³/mol. The molecule has 2 nitrogen and oxygen atoms in total. The lowest BCUT2D eigenvalue weighted by Crippen LogP contribution is -2.03. The van der Waals surface area contributed by atoms with E-state index in [0.717, 1.165) is 26.9 Å². The maximum Gasteiger partial charge on any atom is 0.256 e. The number of anilines is 1. The molecule has 1 heterocycles. The highest BCUT2D eigenvalue weighted by molar-refractivity contribution is 9.10. The lowest BCUT2D eigenvalue weighted by Gasteiger charge is -2.00. The van der Waals surface area contributed by atoms with E-state index in [1.165, 1.54) is 5.56 Å². The van der Waals surface area contributed by atoms with Crippen molar-refractivity contribution in [1.29, 1.82) is 0 Å². The van der Waals surface area contributed by atoms with Crippen molar-refractivity contribution >= 4 is 39.2 Å². The second-order valence-electron chi connectivity index (χ2n) is 5.27. The van der Waals surface area contributed by atoms with Gasteiger partial charge in [0.25, 0.3) is 5.91 Å². The van der Waals surface area contributed by atoms with Gasteiger partial charge in [-0.2, -0.15) is 0 Å². The molecule has 0 unspecified atom stereocenters. The summed E-state index contributed by atoms with van der Waals surface area (Å²) in [6.07, 6.45) is 1.97. The van der Waals surface area contributed by atoms with Crippen LogP contribution < -0.4 is 5.32 Å². The highest BCUT2D eigenvalue weighted by Crippen LogP contribution is 2.37. The third kappa shape index (κ3) is 2.14. The van der Waals surface area contributed by atoms with Crippen LogP contribution in [0.5, 0.6) is 0 Å². The van der Waals surface area contributed by atoms with Gasteiger partial charge in [0.1, 0.15) is 0 Å². The van der Waals surface area contributed by atoms with Crippen LogP contribution in [0, 0.1) is 0 Å². The monoisotopic (exact) mass is 349 g/mol. The van der Waals surface area contributed by atoms with Crippen molar-refractivity contribution in [3.05, 3.63) is 76.3 Å². The molecule has 3 aliphatic rings. The average Bonchev–Trinajstić information content (AvgIpc) is 2.90. The van der Waals surface area contributed by atoms with Gasteiger partial charge in [-0.05, 0) is 34.9 Å². The summed E-state index contributed by atoms with van der Waals surface area (Å²) < 4.78 is 0.957. The number of rotatable bonds is 1. The van der Waals surface area contributed by atoms with Gasteiger partial charge in [-0.25, -0.2) is 0 Å². The number of carbonyl (C=O) groups excluding carboxylic acids is 1. The zero-order valence-electron chi connectivity index (χ0n) is 11.6. The molecular formula is C19H12BrNO. The maximum absolute atomic E-state index is 12.3. The summed E-state index contributed by atoms with van der Waals surface area (Å²) >= 11 is 3.43. The third-order valence-corrected chi connectivity index (χ3v) is 4.38. The zero-order chi connectivity index (χ0) is 15.1. The first kappa shape index (κ1) is 13.3. The van der Waals surface area contributed by atoms with E-state index in [1.54, 1.807) is 0 Å². The van der Waals surface area contributed by atoms with Gasteiger partial charge in [-0.15, -0.1) is 0 Å². The van der Waals surface area contributed by atoms with Crippen LogP contribution in [0.4, 0.5) is 5.69 Å². The number of hydrogen-bond donors (Lipinski definition) is 1. The Labute approximate surface area is 137 Å². The van der Waals surface area contributed by atoms with Gasteiger partial charge in [0, 0.05) is 15.6 Å². The summed E-state index contributed by atoms with van der Waals surface area (Å²) in [6, 6.07) is 20.2. The lowest BCUT2D eigenvalue weighted by atomic mass is 10.0. The standard InChI is InChI=1S/C19H12BrNO/c20-14-8-9-16-17(19(22)21-18(16)11-14)10-13-7-6-12-4-2-1-3-5-15(12)13/h1-11H,(H,21,22). The zero-order valence-corrected chi connectivity index (χ0v) is 13.2. The highest BCUT2D eigenvalue weighted by atomic mass is 79.9. The summed E-state index contributed by atoms with van der Waals surface area (Å²) in [4.78, 5) is 12.3. The van der Waals surface area contributed by atoms with E-state index < -0.39 is 0 Å². The molecule has 0 saturated carbocycles. The topological polar surface area (TPSA) is 29.1 Å². The molecule has 1 N–H and O–H groups in total. The SMILES string of the molecule is O=C1Nc2cc(Br)ccc2C1=Cc1ccc2cccccc1-2. The molecule has 0 bridgehead atoms. The number of amides is 1. The summed E-state index contributed by atoms with van der Waals surface area (Å²) in [7, 11) is 0. The first-order valence-electron chi connectivity index (χ1n) is 7.03. The quantitative estimate of drug-likeness (QED) is 0.612. The smallest absolute Gasteiger partial charge is 0.256 e. The van der Waals surface area contributed by atoms with Gasteiger partial charge in [0.15, 0.2) is 0 Å². The van der Waals surface area contributed by atoms with Crippen LogP contribution >= 0.6 is 15.9 Å². The predicted octanol–water partition coefficient (Wildman–Crippen LogP) is 5.05. The van der Waals surface area contributed by atoms with Gasteiger partial charge >= 0.3 is 0 Å². The molecule has 1 amide bonds. The number of hydrogen-bond acceptors (Lipinski definition) is 1. The Morgan fingerprint density at radius 3 is 2.68 bits per heavy atom. The molecule has 0 fully saturated rings. The number of halogens is 1. The van der Waals surface area contributed by atoms with Gasteiger partial charge in [-0.1, -0.05) is 64.5 Å². The largest absolute Gasteiger partial charge is 0.321 e. The molecule has 3 heteroatoms. The number of carbonyl (C=O) groups is 1. The minimum Gasteiger partial charge on any atom is -0.321 e. The van der Waals surface area contributed by atoms with Crippen molar-refractivity contribution in [1.82, 2.24) is 0 Å². The van der Waals surface area contributed by atoms with Gasteiger partial charge in [0.2, 0.25) is 0 Å². The molecule has 0 aromatic heterocycles. The Hall–Kier alpha value is -2.39. The van der Waals surface area contributed by atoms with E-state index >= 15 is 0 Å². The summed E-state index contributed by atoms with van der Waals surface area (Å²) in [5, 5.41) is 2.92. The number of benzene rings is 1. The van der Waals surface area contributed by atoms with Crippen LogP contribution in [-0.4, -0.2) is 5.91 Å². The number of nitrogens with one attached hydrogen (secondary N) is 1. The fourth-order valence-corrected chi connectivity index (χ4v) is 3.19. The lowest BCUT2D eigenvalue weighted by molar-refractivity contribution is -0.110. The van der Waals surface area contributed by atoms with Crippen LogP contribution in [0.15, 0.2) is 65.1 Å². The maximum atomic E-state index is 12.3. The minimum atomic E-state index is -0.0530. The Morgan fingerprint density at radius 2 is 1.77 bits per heavy atom. The molecule has 1 aromatic rings. The van der Waals surface area contributed by atoms with Gasteiger partial charge in [-0.3, -0.25) is 4.79 Å². The Bertz CT molecular complexity index is 898. The first-order valence-corrected chi connectivity index (χ1v) is 7.82. The van der Waals surface area contributed by atoms with E-state index in [1.807, 2.05) is 42.5 Å². The second-order valence-corrected chi connectivity index (χ2v) is 6.19. The summed E-state index contributed by atoms with van der Waals surface area (Å²) in [5.74, 6) is -0.0530. The second kappa shape index (κ2) is 5.11. The third-order valence-electron chi connectivity index (χ3n) is 3.89. The van der Waals surface area contributed by atoms with E-state index in [-0.39, 0.29) is 5.91 Å². The molecule has 106 valence electrons. The summed E-state index contributed by atoms with van der Waals surface area (Å²) in [6.45, 7) is 0. The highest BCUT2D eigenvalue weighted by Gasteiger charge is 2.24. The molecule has 0 radical (unpaired) electrons. The van der Waals surface area contributed by atoms with E-state index in [0.29, 0.717) is 5.57 Å². The van der Waals surface area contributed by atoms with Gasteiger partial charge in [0.05, 0.1) is 5.69 Å². The molecule has 2 aliphatic carbocycles. The Balaban J connectivity index is 1.86. The van der Waals surface area contributed by atoms with Crippen molar-refractivity contribution < 1.29 is 4.79 Å². The Kier molecular flexibility index (Phi) is 3.09. The minimum absolute atomic E-state index is 0.0530.